The highest BCUT2D eigenvalue weighted by molar-refractivity contribution is 9.10. The Hall–Kier alpha value is -0.340. The van der Waals surface area contributed by atoms with Crippen LogP contribution in [0.2, 0.25) is 0 Å². The van der Waals surface area contributed by atoms with Crippen molar-refractivity contribution in [1.29, 1.82) is 0 Å². The van der Waals surface area contributed by atoms with Crippen LogP contribution in [-0.4, -0.2) is 11.7 Å². The van der Waals surface area contributed by atoms with Crippen molar-refractivity contribution >= 4 is 15.9 Å². The smallest absolute Gasteiger partial charge is 0.0462 e. The van der Waals surface area contributed by atoms with Crippen LogP contribution >= 0.6 is 15.9 Å². The second kappa shape index (κ2) is 7.08. The summed E-state index contributed by atoms with van der Waals surface area (Å²) in [5, 5.41) is 9.39. The number of aliphatic hydroxyl groups excluding tert-OH is 1. The van der Waals surface area contributed by atoms with Gasteiger partial charge in [-0.1, -0.05) is 48.3 Å². The molecule has 0 fully saturated rings. The molecule has 0 aliphatic heterocycles. The van der Waals surface area contributed by atoms with Gasteiger partial charge in [0.1, 0.15) is 0 Å². The van der Waals surface area contributed by atoms with E-state index in [0.717, 1.165) is 17.3 Å². The van der Waals surface area contributed by atoms with E-state index in [9.17, 15) is 5.11 Å². The molecule has 0 aliphatic rings. The lowest BCUT2D eigenvalue weighted by Gasteiger charge is -2.18. The van der Waals surface area contributed by atoms with Crippen molar-refractivity contribution in [1.82, 2.24) is 0 Å². The third-order valence-electron chi connectivity index (χ3n) is 3.10. The molecule has 0 amide bonds. The molecule has 1 rings (SSSR count). The van der Waals surface area contributed by atoms with Crippen molar-refractivity contribution in [3.05, 3.63) is 34.3 Å². The van der Waals surface area contributed by atoms with E-state index < -0.39 is 0 Å². The Labute approximate surface area is 107 Å². The van der Waals surface area contributed by atoms with Crippen LogP contribution < -0.4 is 0 Å². The van der Waals surface area contributed by atoms with E-state index in [1.807, 2.05) is 6.07 Å². The first kappa shape index (κ1) is 13.7. The SMILES string of the molecule is CCC(C)CC(CO)Cc1cccc(Br)c1. The number of rotatable bonds is 6. The van der Waals surface area contributed by atoms with Gasteiger partial charge in [0.25, 0.3) is 0 Å². The molecule has 0 bridgehead atoms. The Morgan fingerprint density at radius 2 is 2.12 bits per heavy atom. The Kier molecular flexibility index (Phi) is 6.07. The Bertz CT molecular complexity index is 311. The fourth-order valence-electron chi connectivity index (χ4n) is 1.96. The molecule has 0 aromatic heterocycles. The molecule has 0 radical (unpaired) electrons. The molecule has 2 unspecified atom stereocenters. The number of aliphatic hydroxyl groups is 1. The number of hydrogen-bond donors (Lipinski definition) is 1. The molecule has 0 saturated carbocycles. The fraction of sp³-hybridized carbons (Fsp3) is 0.571. The average Bonchev–Trinajstić information content (AvgIpc) is 2.28. The van der Waals surface area contributed by atoms with Gasteiger partial charge in [0, 0.05) is 11.1 Å². The van der Waals surface area contributed by atoms with Gasteiger partial charge in [-0.15, -0.1) is 0 Å². The third kappa shape index (κ3) is 4.67. The van der Waals surface area contributed by atoms with Crippen molar-refractivity contribution < 1.29 is 5.11 Å². The van der Waals surface area contributed by atoms with Gasteiger partial charge >= 0.3 is 0 Å². The zero-order chi connectivity index (χ0) is 12.0. The average molecular weight is 285 g/mol. The number of hydrogen-bond acceptors (Lipinski definition) is 1. The predicted molar refractivity (Wildman–Crippen MR) is 72.5 cm³/mol. The van der Waals surface area contributed by atoms with E-state index in [1.165, 1.54) is 12.0 Å². The van der Waals surface area contributed by atoms with E-state index in [2.05, 4.69) is 48.0 Å². The minimum atomic E-state index is 0.289. The first-order valence-electron chi connectivity index (χ1n) is 6.01. The van der Waals surface area contributed by atoms with E-state index in [4.69, 9.17) is 0 Å². The van der Waals surface area contributed by atoms with Crippen LogP contribution in [-0.2, 0) is 6.42 Å². The molecule has 1 aromatic rings. The summed E-state index contributed by atoms with van der Waals surface area (Å²) in [4.78, 5) is 0. The number of halogens is 1. The van der Waals surface area contributed by atoms with Crippen molar-refractivity contribution in [3.8, 4) is 0 Å². The summed E-state index contributed by atoms with van der Waals surface area (Å²) in [5.74, 6) is 1.09. The van der Waals surface area contributed by atoms with Crippen molar-refractivity contribution in [2.45, 2.75) is 33.1 Å². The highest BCUT2D eigenvalue weighted by Crippen LogP contribution is 2.20. The highest BCUT2D eigenvalue weighted by Gasteiger charge is 2.12. The zero-order valence-electron chi connectivity index (χ0n) is 10.1. The molecule has 0 saturated heterocycles. The van der Waals surface area contributed by atoms with Gasteiger partial charge in [-0.25, -0.2) is 0 Å². The third-order valence-corrected chi connectivity index (χ3v) is 3.60. The van der Waals surface area contributed by atoms with Crippen molar-refractivity contribution in [2.24, 2.45) is 11.8 Å². The fourth-order valence-corrected chi connectivity index (χ4v) is 2.40. The van der Waals surface area contributed by atoms with E-state index in [1.54, 1.807) is 0 Å². The number of benzene rings is 1. The molecule has 1 aromatic carbocycles. The molecule has 0 aliphatic carbocycles. The normalized spacial score (nSPS) is 14.8. The van der Waals surface area contributed by atoms with Gasteiger partial charge in [-0.05, 0) is 42.4 Å². The van der Waals surface area contributed by atoms with Crippen LogP contribution in [0.1, 0.15) is 32.3 Å². The zero-order valence-corrected chi connectivity index (χ0v) is 11.7. The second-order valence-electron chi connectivity index (χ2n) is 4.63. The molecular weight excluding hydrogens is 264 g/mol. The lowest BCUT2D eigenvalue weighted by Crippen LogP contribution is -2.13. The van der Waals surface area contributed by atoms with Gasteiger partial charge in [-0.2, -0.15) is 0 Å². The van der Waals surface area contributed by atoms with E-state index >= 15 is 0 Å². The minimum Gasteiger partial charge on any atom is -0.396 e. The Balaban J connectivity index is 2.56. The first-order chi connectivity index (χ1) is 7.65. The summed E-state index contributed by atoms with van der Waals surface area (Å²) in [6.07, 6.45) is 3.27. The minimum absolute atomic E-state index is 0.289. The predicted octanol–water partition coefficient (Wildman–Crippen LogP) is 4.04. The van der Waals surface area contributed by atoms with Crippen LogP contribution in [0.3, 0.4) is 0 Å². The van der Waals surface area contributed by atoms with Gasteiger partial charge in [0.2, 0.25) is 0 Å². The van der Waals surface area contributed by atoms with Gasteiger partial charge in [0.15, 0.2) is 0 Å². The topological polar surface area (TPSA) is 20.2 Å². The summed E-state index contributed by atoms with van der Waals surface area (Å²) in [6, 6.07) is 8.35. The molecule has 0 heterocycles. The molecule has 90 valence electrons. The van der Waals surface area contributed by atoms with Gasteiger partial charge in [0.05, 0.1) is 0 Å². The molecule has 2 heteroatoms. The maximum absolute atomic E-state index is 9.39. The lowest BCUT2D eigenvalue weighted by atomic mass is 9.90. The Morgan fingerprint density at radius 3 is 2.69 bits per heavy atom. The van der Waals surface area contributed by atoms with Gasteiger partial charge < -0.3 is 5.11 Å². The van der Waals surface area contributed by atoms with Crippen molar-refractivity contribution in [2.75, 3.05) is 6.61 Å². The van der Waals surface area contributed by atoms with Crippen molar-refractivity contribution in [3.63, 3.8) is 0 Å². The molecule has 1 nitrogen and oxygen atoms in total. The van der Waals surface area contributed by atoms with Gasteiger partial charge in [-0.3, -0.25) is 0 Å². The van der Waals surface area contributed by atoms with Crippen LogP contribution in [0.25, 0.3) is 0 Å². The largest absolute Gasteiger partial charge is 0.396 e. The van der Waals surface area contributed by atoms with Crippen LogP contribution in [0.15, 0.2) is 28.7 Å². The van der Waals surface area contributed by atoms with E-state index in [-0.39, 0.29) is 6.61 Å². The quantitative estimate of drug-likeness (QED) is 0.836. The summed E-state index contributed by atoms with van der Waals surface area (Å²) < 4.78 is 1.12. The molecular formula is C14H21BrO. The summed E-state index contributed by atoms with van der Waals surface area (Å²) in [5.41, 5.74) is 1.30. The Morgan fingerprint density at radius 1 is 1.38 bits per heavy atom. The van der Waals surface area contributed by atoms with Crippen LogP contribution in [0.4, 0.5) is 0 Å². The highest BCUT2D eigenvalue weighted by atomic mass is 79.9. The maximum Gasteiger partial charge on any atom is 0.0462 e. The molecule has 1 N–H and O–H groups in total. The van der Waals surface area contributed by atoms with E-state index in [0.29, 0.717) is 11.8 Å². The lowest BCUT2D eigenvalue weighted by molar-refractivity contribution is 0.201. The monoisotopic (exact) mass is 284 g/mol. The molecule has 0 spiro atoms. The van der Waals surface area contributed by atoms with Crippen LogP contribution in [0, 0.1) is 11.8 Å². The summed E-state index contributed by atoms with van der Waals surface area (Å²) in [6.45, 7) is 4.75. The van der Waals surface area contributed by atoms with Crippen LogP contribution in [0.5, 0.6) is 0 Å². The molecule has 2 atom stereocenters. The second-order valence-corrected chi connectivity index (χ2v) is 5.55. The standard InChI is InChI=1S/C14H21BrO/c1-3-11(2)7-13(10-16)8-12-5-4-6-14(15)9-12/h4-6,9,11,13,16H,3,7-8,10H2,1-2H3. The maximum atomic E-state index is 9.39. The summed E-state index contributed by atoms with van der Waals surface area (Å²) >= 11 is 3.48. The summed E-state index contributed by atoms with van der Waals surface area (Å²) in [7, 11) is 0. The first-order valence-corrected chi connectivity index (χ1v) is 6.80. The molecule has 16 heavy (non-hydrogen) atoms.